The Morgan fingerprint density at radius 1 is 1.11 bits per heavy atom. The molecule has 3 saturated heterocycles. The van der Waals surface area contributed by atoms with Crippen molar-refractivity contribution in [2.24, 2.45) is 35.0 Å². The molecule has 0 aliphatic carbocycles. The molecule has 1 aromatic carbocycles. The third kappa shape index (κ3) is 9.00. The molecule has 0 spiro atoms. The van der Waals surface area contributed by atoms with Crippen LogP contribution in [0.25, 0.3) is 10.9 Å². The summed E-state index contributed by atoms with van der Waals surface area (Å²) in [5.41, 5.74) is 1.73. The van der Waals surface area contributed by atoms with E-state index in [1.807, 2.05) is 17.2 Å². The number of fused-ring (bicyclic) bond motifs is 4. The molecule has 8 heteroatoms. The molecule has 1 amide bonds. The maximum absolute atomic E-state index is 14.2. The summed E-state index contributed by atoms with van der Waals surface area (Å²) in [7, 11) is 0. The van der Waals surface area contributed by atoms with Gasteiger partial charge in [-0.1, -0.05) is 68.4 Å². The highest BCUT2D eigenvalue weighted by Gasteiger charge is 2.43. The molecule has 2 unspecified atom stereocenters. The van der Waals surface area contributed by atoms with Crippen molar-refractivity contribution in [3.63, 3.8) is 0 Å². The predicted molar refractivity (Wildman–Crippen MR) is 195 cm³/mol. The number of pyridine rings is 1. The molecule has 2 N–H and O–H groups in total. The highest BCUT2D eigenvalue weighted by atomic mass is 32.1. The third-order valence-corrected chi connectivity index (χ3v) is 9.60. The lowest BCUT2D eigenvalue weighted by molar-refractivity contribution is -0.136. The van der Waals surface area contributed by atoms with E-state index in [-0.39, 0.29) is 23.4 Å². The molecule has 3 aliphatic heterocycles. The van der Waals surface area contributed by atoms with Crippen molar-refractivity contribution in [3.8, 4) is 5.75 Å². The first-order valence-electron chi connectivity index (χ1n) is 17.4. The van der Waals surface area contributed by atoms with E-state index in [2.05, 4.69) is 109 Å². The Morgan fingerprint density at radius 2 is 1.80 bits per heavy atom. The number of rotatable bonds is 13. The number of piperidine rings is 3. The Kier molecular flexibility index (Phi) is 12.1. The number of aromatic nitrogens is 1. The summed E-state index contributed by atoms with van der Waals surface area (Å²) in [5, 5.41) is 8.88. The van der Waals surface area contributed by atoms with Crippen molar-refractivity contribution in [1.82, 2.24) is 25.4 Å². The van der Waals surface area contributed by atoms with Crippen LogP contribution in [0.15, 0.2) is 43.1 Å². The minimum Gasteiger partial charge on any atom is -0.493 e. The topological polar surface area (TPSA) is 69.7 Å². The fraction of sp³-hybridized carbons (Fsp3) is 0.658. The molecule has 0 saturated carbocycles. The Balaban J connectivity index is 1.69. The summed E-state index contributed by atoms with van der Waals surface area (Å²) in [6.07, 6.45) is 6.29. The summed E-state index contributed by atoms with van der Waals surface area (Å²) < 4.78 is 6.16. The van der Waals surface area contributed by atoms with Gasteiger partial charge in [0.1, 0.15) is 11.8 Å². The van der Waals surface area contributed by atoms with Crippen LogP contribution in [0.2, 0.25) is 0 Å². The van der Waals surface area contributed by atoms with Crippen LogP contribution < -0.4 is 15.4 Å². The summed E-state index contributed by atoms with van der Waals surface area (Å²) in [6, 6.07) is 7.99. The van der Waals surface area contributed by atoms with Gasteiger partial charge in [-0.05, 0) is 96.4 Å². The molecule has 2 bridgehead atoms. The Morgan fingerprint density at radius 3 is 2.37 bits per heavy atom. The number of ether oxygens (including phenoxy) is 1. The molecular weight excluding hydrogens is 591 g/mol. The Hall–Kier alpha value is -2.71. The second-order valence-corrected chi connectivity index (χ2v) is 16.4. The number of hydrogen-bond acceptors (Lipinski definition) is 5. The number of benzene rings is 1. The molecule has 1 aromatic heterocycles. The lowest BCUT2D eigenvalue weighted by Gasteiger charge is -2.52. The number of nitrogens with one attached hydrogen (secondary N) is 2. The molecule has 46 heavy (non-hydrogen) atoms. The average Bonchev–Trinajstić information content (AvgIpc) is 2.99. The third-order valence-electron chi connectivity index (χ3n) is 9.36. The monoisotopic (exact) mass is 649 g/mol. The maximum atomic E-state index is 14.2. The number of thiocarbonyl (C=S) groups is 1. The van der Waals surface area contributed by atoms with E-state index < -0.39 is 6.04 Å². The molecule has 3 aliphatic rings. The lowest BCUT2D eigenvalue weighted by Crippen LogP contribution is -2.60. The molecule has 4 heterocycles. The summed E-state index contributed by atoms with van der Waals surface area (Å²) in [6.45, 7) is 27.6. The second kappa shape index (κ2) is 15.5. The zero-order valence-corrected chi connectivity index (χ0v) is 30.6. The normalized spacial score (nSPS) is 22.6. The number of carbonyl (C=O) groups excluding carboxylic acids is 1. The number of nitrogens with zero attached hydrogens (tertiary/aromatic N) is 3. The number of amides is 1. The second-order valence-electron chi connectivity index (χ2n) is 16.0. The van der Waals surface area contributed by atoms with Crippen molar-refractivity contribution >= 4 is 34.1 Å². The summed E-state index contributed by atoms with van der Waals surface area (Å²) in [4.78, 5) is 23.5. The van der Waals surface area contributed by atoms with Gasteiger partial charge < -0.3 is 20.3 Å². The number of hydrogen-bond donors (Lipinski definition) is 2. The van der Waals surface area contributed by atoms with Gasteiger partial charge in [0.25, 0.3) is 0 Å². The van der Waals surface area contributed by atoms with Crippen molar-refractivity contribution in [1.29, 1.82) is 0 Å². The van der Waals surface area contributed by atoms with Crippen molar-refractivity contribution < 1.29 is 9.53 Å². The molecular formula is C38H59N5O2S. The van der Waals surface area contributed by atoms with Crippen LogP contribution in [0.5, 0.6) is 5.75 Å². The maximum Gasteiger partial charge on any atom is 0.245 e. The van der Waals surface area contributed by atoms with Gasteiger partial charge in [-0.25, -0.2) is 0 Å². The van der Waals surface area contributed by atoms with Crippen molar-refractivity contribution in [3.05, 3.63) is 48.7 Å². The quantitative estimate of drug-likeness (QED) is 0.175. The first-order valence-corrected chi connectivity index (χ1v) is 17.8. The van der Waals surface area contributed by atoms with E-state index in [0.29, 0.717) is 41.3 Å². The van der Waals surface area contributed by atoms with Crippen molar-refractivity contribution in [2.75, 3.05) is 32.8 Å². The van der Waals surface area contributed by atoms with Gasteiger partial charge in [0.15, 0.2) is 5.11 Å². The fourth-order valence-corrected chi connectivity index (χ4v) is 7.40. The van der Waals surface area contributed by atoms with Crippen LogP contribution in [0.3, 0.4) is 0 Å². The molecule has 7 nitrogen and oxygen atoms in total. The van der Waals surface area contributed by atoms with E-state index in [1.54, 1.807) is 0 Å². The van der Waals surface area contributed by atoms with Gasteiger partial charge in [-0.3, -0.25) is 14.7 Å². The summed E-state index contributed by atoms with van der Waals surface area (Å²) >= 11 is 6.11. The van der Waals surface area contributed by atoms with Gasteiger partial charge in [0.05, 0.1) is 18.2 Å². The van der Waals surface area contributed by atoms with Crippen LogP contribution in [-0.2, 0) is 4.79 Å². The van der Waals surface area contributed by atoms with Crippen LogP contribution in [-0.4, -0.2) is 70.7 Å². The molecule has 3 fully saturated rings. The summed E-state index contributed by atoms with van der Waals surface area (Å²) in [5.74, 6) is 3.25. The van der Waals surface area contributed by atoms with Gasteiger partial charge in [-0.2, -0.15) is 0 Å². The smallest absolute Gasteiger partial charge is 0.245 e. The molecule has 254 valence electrons. The fourth-order valence-electron chi connectivity index (χ4n) is 7.16. The van der Waals surface area contributed by atoms with Gasteiger partial charge in [0, 0.05) is 37.3 Å². The van der Waals surface area contributed by atoms with E-state index in [0.717, 1.165) is 54.8 Å². The van der Waals surface area contributed by atoms with Crippen molar-refractivity contribution in [2.45, 2.75) is 93.3 Å². The van der Waals surface area contributed by atoms with E-state index >= 15 is 0 Å². The first kappa shape index (κ1) is 36.1. The van der Waals surface area contributed by atoms with Crippen LogP contribution in [0, 0.1) is 35.0 Å². The van der Waals surface area contributed by atoms with Gasteiger partial charge in [0.2, 0.25) is 5.91 Å². The van der Waals surface area contributed by atoms with E-state index in [9.17, 15) is 4.79 Å². The van der Waals surface area contributed by atoms with E-state index in [4.69, 9.17) is 21.9 Å². The first-order chi connectivity index (χ1) is 21.7. The zero-order valence-electron chi connectivity index (χ0n) is 29.8. The Labute approximate surface area is 283 Å². The highest BCUT2D eigenvalue weighted by molar-refractivity contribution is 7.80. The average molecular weight is 650 g/mol. The minimum absolute atomic E-state index is 0.0995. The Bertz CT molecular complexity index is 1340. The molecule has 2 aromatic rings. The van der Waals surface area contributed by atoms with Crippen LogP contribution >= 0.6 is 12.2 Å². The lowest BCUT2D eigenvalue weighted by atomic mass is 9.73. The molecule has 6 atom stereocenters. The molecule has 0 radical (unpaired) electrons. The van der Waals surface area contributed by atoms with E-state index in [1.165, 1.54) is 6.42 Å². The van der Waals surface area contributed by atoms with Crippen LogP contribution in [0.1, 0.15) is 86.8 Å². The zero-order chi connectivity index (χ0) is 33.8. The molecule has 5 rings (SSSR count). The predicted octanol–water partition coefficient (Wildman–Crippen LogP) is 7.23. The van der Waals surface area contributed by atoms with Crippen LogP contribution in [0.4, 0.5) is 0 Å². The SMILES string of the molecule is C=CC1CN2CC[C@H]1C[C@H]2[C@@H](NC(=S)N[C@H](C(=O)N(CC(C)C)CC(C)C)C(C)(C)C)c1ccnc2ccc(OCC(C)C)cc12. The minimum atomic E-state index is -0.468. The standard InChI is InChI=1S/C38H59N5O2S/c1-11-27-22-42-17-15-28(27)18-33(42)34(30-14-16-39-32-13-12-29(19-31(30)32)45-23-26(6)7)40-37(46)41-35(38(8,9)10)36(44)43(20-24(2)3)21-25(4)5/h11-14,16,19,24-28,33-35H,1,15,17-18,20-23H2,2-10H3,(H2,40,41,46)/t27?,28-,33-,34-,35+/m0/s1. The highest BCUT2D eigenvalue weighted by Crippen LogP contribution is 2.42. The largest absolute Gasteiger partial charge is 0.493 e. The van der Waals surface area contributed by atoms with Gasteiger partial charge in [-0.15, -0.1) is 6.58 Å². The van der Waals surface area contributed by atoms with Gasteiger partial charge >= 0.3 is 0 Å². The number of carbonyl (C=O) groups is 1.